The van der Waals surface area contributed by atoms with Crippen LogP contribution in [0.1, 0.15) is 33.4 Å². The molecule has 2 aromatic rings. The summed E-state index contributed by atoms with van der Waals surface area (Å²) in [7, 11) is 1.65. The van der Waals surface area contributed by atoms with Gasteiger partial charge in [0.1, 0.15) is 11.9 Å². The summed E-state index contributed by atoms with van der Waals surface area (Å²) in [5.41, 5.74) is 3.66. The average Bonchev–Trinajstić information content (AvgIpc) is 2.77. The van der Waals surface area contributed by atoms with Crippen LogP contribution in [0.5, 0.6) is 5.75 Å². The van der Waals surface area contributed by atoms with E-state index < -0.39 is 6.10 Å². The Labute approximate surface area is 110 Å². The van der Waals surface area contributed by atoms with Crippen molar-refractivity contribution in [2.75, 3.05) is 7.11 Å². The quantitative estimate of drug-likeness (QED) is 0.925. The minimum atomic E-state index is -0.672. The van der Waals surface area contributed by atoms with Crippen LogP contribution in [0.3, 0.4) is 0 Å². The SMILES string of the molecule is COc1cc(C)c(C(O)c2snnc2C)cc1C. The highest BCUT2D eigenvalue weighted by Crippen LogP contribution is 2.32. The maximum absolute atomic E-state index is 10.4. The van der Waals surface area contributed by atoms with Gasteiger partial charge in [-0.2, -0.15) is 0 Å². The number of hydrogen-bond donors (Lipinski definition) is 1. The molecular formula is C13H16N2O2S. The first kappa shape index (κ1) is 13.0. The summed E-state index contributed by atoms with van der Waals surface area (Å²) in [5, 5.41) is 14.4. The van der Waals surface area contributed by atoms with Crippen molar-refractivity contribution in [3.63, 3.8) is 0 Å². The van der Waals surface area contributed by atoms with Crippen LogP contribution in [-0.4, -0.2) is 21.8 Å². The molecule has 0 aliphatic carbocycles. The fourth-order valence-electron chi connectivity index (χ4n) is 1.96. The van der Waals surface area contributed by atoms with Crippen LogP contribution in [-0.2, 0) is 0 Å². The fourth-order valence-corrected chi connectivity index (χ4v) is 2.61. The molecule has 96 valence electrons. The van der Waals surface area contributed by atoms with Crippen LogP contribution in [0.2, 0.25) is 0 Å². The molecule has 4 nitrogen and oxygen atoms in total. The highest BCUT2D eigenvalue weighted by molar-refractivity contribution is 7.05. The van der Waals surface area contributed by atoms with Gasteiger partial charge in [0.25, 0.3) is 0 Å². The molecule has 0 fully saturated rings. The van der Waals surface area contributed by atoms with Gasteiger partial charge in [-0.15, -0.1) is 5.10 Å². The number of aryl methyl sites for hydroxylation is 3. The number of nitrogens with zero attached hydrogens (tertiary/aromatic N) is 2. The van der Waals surface area contributed by atoms with Gasteiger partial charge in [0.15, 0.2) is 0 Å². The fraction of sp³-hybridized carbons (Fsp3) is 0.385. The van der Waals surface area contributed by atoms with Crippen LogP contribution < -0.4 is 4.74 Å². The number of benzene rings is 1. The van der Waals surface area contributed by atoms with E-state index >= 15 is 0 Å². The second-order valence-electron chi connectivity index (χ2n) is 4.30. The molecule has 1 aromatic heterocycles. The summed E-state index contributed by atoms with van der Waals surface area (Å²) in [6.07, 6.45) is -0.672. The minimum Gasteiger partial charge on any atom is -0.496 e. The molecule has 2 rings (SSSR count). The molecule has 0 aliphatic heterocycles. The topological polar surface area (TPSA) is 55.2 Å². The van der Waals surface area contributed by atoms with E-state index in [1.165, 1.54) is 11.5 Å². The molecule has 0 saturated carbocycles. The first-order chi connectivity index (χ1) is 8.54. The van der Waals surface area contributed by atoms with Gasteiger partial charge in [-0.3, -0.25) is 0 Å². The summed E-state index contributed by atoms with van der Waals surface area (Å²) in [6.45, 7) is 5.78. The zero-order chi connectivity index (χ0) is 13.3. The zero-order valence-electron chi connectivity index (χ0n) is 10.9. The Hall–Kier alpha value is -1.46. The highest BCUT2D eigenvalue weighted by atomic mass is 32.1. The molecule has 0 spiro atoms. The molecule has 1 unspecified atom stereocenters. The van der Waals surface area contributed by atoms with Crippen molar-refractivity contribution < 1.29 is 9.84 Å². The van der Waals surface area contributed by atoms with Crippen molar-refractivity contribution in [3.8, 4) is 5.75 Å². The van der Waals surface area contributed by atoms with Crippen LogP contribution in [0, 0.1) is 20.8 Å². The third-order valence-corrected chi connectivity index (χ3v) is 3.89. The molecule has 0 bridgehead atoms. The summed E-state index contributed by atoms with van der Waals surface area (Å²) < 4.78 is 9.13. The predicted molar refractivity (Wildman–Crippen MR) is 71.2 cm³/mol. The number of aliphatic hydroxyl groups excluding tert-OH is 1. The lowest BCUT2D eigenvalue weighted by Crippen LogP contribution is -2.03. The Kier molecular flexibility index (Phi) is 3.63. The number of methoxy groups -OCH3 is 1. The molecule has 0 aliphatic rings. The molecule has 0 saturated heterocycles. The van der Waals surface area contributed by atoms with Crippen molar-refractivity contribution in [2.45, 2.75) is 26.9 Å². The normalized spacial score (nSPS) is 12.5. The minimum absolute atomic E-state index is 0.672. The van der Waals surface area contributed by atoms with E-state index in [1.807, 2.05) is 32.9 Å². The number of aliphatic hydroxyl groups is 1. The van der Waals surface area contributed by atoms with E-state index in [4.69, 9.17) is 4.74 Å². The largest absolute Gasteiger partial charge is 0.496 e. The summed E-state index contributed by atoms with van der Waals surface area (Å²) in [6, 6.07) is 3.90. The van der Waals surface area contributed by atoms with Crippen LogP contribution in [0.25, 0.3) is 0 Å². The molecule has 0 amide bonds. The second-order valence-corrected chi connectivity index (χ2v) is 5.09. The van der Waals surface area contributed by atoms with E-state index in [1.54, 1.807) is 7.11 Å². The van der Waals surface area contributed by atoms with E-state index in [0.29, 0.717) is 0 Å². The monoisotopic (exact) mass is 264 g/mol. The van der Waals surface area contributed by atoms with Gasteiger partial charge in [-0.05, 0) is 61.1 Å². The molecule has 1 N–H and O–H groups in total. The average molecular weight is 264 g/mol. The predicted octanol–water partition coefficient (Wildman–Crippen LogP) is 2.55. The van der Waals surface area contributed by atoms with Gasteiger partial charge in [0.2, 0.25) is 0 Å². The van der Waals surface area contributed by atoms with Crippen molar-refractivity contribution in [2.24, 2.45) is 0 Å². The molecular weight excluding hydrogens is 248 g/mol. The van der Waals surface area contributed by atoms with Gasteiger partial charge in [0.05, 0.1) is 17.7 Å². The highest BCUT2D eigenvalue weighted by Gasteiger charge is 2.19. The van der Waals surface area contributed by atoms with Gasteiger partial charge < -0.3 is 9.84 Å². The van der Waals surface area contributed by atoms with E-state index in [0.717, 1.165) is 33.0 Å². The van der Waals surface area contributed by atoms with Crippen LogP contribution in [0.4, 0.5) is 0 Å². The molecule has 0 radical (unpaired) electrons. The molecule has 1 atom stereocenters. The molecule has 18 heavy (non-hydrogen) atoms. The smallest absolute Gasteiger partial charge is 0.122 e. The van der Waals surface area contributed by atoms with Crippen LogP contribution in [0.15, 0.2) is 12.1 Å². The molecule has 1 aromatic carbocycles. The first-order valence-corrected chi connectivity index (χ1v) is 6.44. The number of ether oxygens (including phenoxy) is 1. The standard InChI is InChI=1S/C13H16N2O2S/c1-7-6-11(17-4)8(2)5-10(7)12(16)13-9(3)14-15-18-13/h5-6,12,16H,1-4H3. The lowest BCUT2D eigenvalue weighted by atomic mass is 9.98. The zero-order valence-corrected chi connectivity index (χ0v) is 11.7. The van der Waals surface area contributed by atoms with Crippen molar-refractivity contribution in [1.82, 2.24) is 9.59 Å². The molecule has 5 heteroatoms. The van der Waals surface area contributed by atoms with Gasteiger partial charge >= 0.3 is 0 Å². The summed E-state index contributed by atoms with van der Waals surface area (Å²) >= 11 is 1.23. The van der Waals surface area contributed by atoms with Gasteiger partial charge in [-0.1, -0.05) is 4.49 Å². The third-order valence-electron chi connectivity index (χ3n) is 3.01. The van der Waals surface area contributed by atoms with E-state index in [-0.39, 0.29) is 0 Å². The summed E-state index contributed by atoms with van der Waals surface area (Å²) in [4.78, 5) is 0.794. The Morgan fingerprint density at radius 2 is 1.94 bits per heavy atom. The Morgan fingerprint density at radius 3 is 2.50 bits per heavy atom. The lowest BCUT2D eigenvalue weighted by Gasteiger charge is -2.15. The Morgan fingerprint density at radius 1 is 1.22 bits per heavy atom. The summed E-state index contributed by atoms with van der Waals surface area (Å²) in [5.74, 6) is 0.836. The van der Waals surface area contributed by atoms with Crippen LogP contribution >= 0.6 is 11.5 Å². The van der Waals surface area contributed by atoms with Crippen molar-refractivity contribution in [1.29, 1.82) is 0 Å². The van der Waals surface area contributed by atoms with Crippen molar-refractivity contribution >= 4 is 11.5 Å². The number of rotatable bonds is 3. The van der Waals surface area contributed by atoms with E-state index in [2.05, 4.69) is 9.59 Å². The third kappa shape index (κ3) is 2.23. The first-order valence-electron chi connectivity index (χ1n) is 5.66. The number of hydrogen-bond acceptors (Lipinski definition) is 5. The number of aromatic nitrogens is 2. The molecule has 1 heterocycles. The van der Waals surface area contributed by atoms with Crippen molar-refractivity contribution in [3.05, 3.63) is 39.4 Å². The Balaban J connectivity index is 2.46. The maximum atomic E-state index is 10.4. The van der Waals surface area contributed by atoms with Gasteiger partial charge in [0, 0.05) is 0 Å². The Bertz CT molecular complexity index is 566. The maximum Gasteiger partial charge on any atom is 0.122 e. The second kappa shape index (κ2) is 5.04. The van der Waals surface area contributed by atoms with E-state index in [9.17, 15) is 5.11 Å². The van der Waals surface area contributed by atoms with Gasteiger partial charge in [-0.25, -0.2) is 0 Å². The lowest BCUT2D eigenvalue weighted by molar-refractivity contribution is 0.222.